The number of ether oxygens (including phenoxy) is 2. The third-order valence-corrected chi connectivity index (χ3v) is 5.62. The van der Waals surface area contributed by atoms with Gasteiger partial charge in [-0.05, 0) is 0 Å². The first-order valence-electron chi connectivity index (χ1n) is 7.02. The van der Waals surface area contributed by atoms with Gasteiger partial charge in [0.25, 0.3) is 5.56 Å². The van der Waals surface area contributed by atoms with Gasteiger partial charge in [-0.2, -0.15) is 0 Å². The molecule has 1 saturated heterocycles. The second kappa shape index (κ2) is 7.99. The van der Waals surface area contributed by atoms with Crippen LogP contribution in [0.1, 0.15) is 6.23 Å². The van der Waals surface area contributed by atoms with E-state index in [9.17, 15) is 38.7 Å². The number of phosphoric acid groups is 1. The molecule has 0 aliphatic carbocycles. The van der Waals surface area contributed by atoms with Crippen LogP contribution in [-0.2, 0) is 22.7 Å². The van der Waals surface area contributed by atoms with Crippen molar-refractivity contribution in [1.29, 1.82) is 0 Å². The van der Waals surface area contributed by atoms with Crippen LogP contribution in [-0.4, -0.2) is 59.4 Å². The zero-order valence-corrected chi connectivity index (χ0v) is 15.3. The van der Waals surface area contributed by atoms with Crippen molar-refractivity contribution in [3.63, 3.8) is 0 Å². The average Bonchev–Trinajstić information content (AvgIpc) is 2.79. The van der Waals surface area contributed by atoms with Crippen molar-refractivity contribution in [2.75, 3.05) is 13.7 Å². The van der Waals surface area contributed by atoms with E-state index in [0.717, 1.165) is 17.9 Å². The molecule has 3 N–H and O–H groups in total. The molecular weight excluding hydrogens is 413 g/mol. The van der Waals surface area contributed by atoms with E-state index in [-0.39, 0.29) is 5.75 Å². The summed E-state index contributed by atoms with van der Waals surface area (Å²) in [5.41, 5.74) is -1.84. The Morgan fingerprint density at radius 1 is 1.33 bits per heavy atom. The highest BCUT2D eigenvalue weighted by Crippen LogP contribution is 2.53. The largest absolute Gasteiger partial charge is 0.790 e. The van der Waals surface area contributed by atoms with Gasteiger partial charge >= 0.3 is 5.69 Å². The number of hydrogen-bond donors (Lipinski definition) is 3. The third-order valence-electron chi connectivity index (χ3n) is 3.40. The Morgan fingerprint density at radius 3 is 2.52 bits per heavy atom. The highest BCUT2D eigenvalue weighted by molar-refractivity contribution is 7.83. The molecule has 1 fully saturated rings. The standard InChI is InChI=1S/C10H15BN2O12P2/c1-22-4-2-13(10(17)12-8(4)16)9-7(15)6(14)5(24-9)3-23-26(11,18)25-27(19,20)21/h2,5-7,9,14-15H,3H2,1H3,(H,12,16,17)(H2,19,20,21)/q-1/p-2/t5-,6-,7-,9-,26?/m1/s1. The van der Waals surface area contributed by atoms with Gasteiger partial charge in [-0.15, -0.1) is 0 Å². The summed E-state index contributed by atoms with van der Waals surface area (Å²) < 4.78 is 40.7. The number of methoxy groups -OCH3 is 1. The summed E-state index contributed by atoms with van der Waals surface area (Å²) in [4.78, 5) is 46.2. The summed E-state index contributed by atoms with van der Waals surface area (Å²) in [6, 6.07) is 0. The zero-order chi connectivity index (χ0) is 20.6. The van der Waals surface area contributed by atoms with Crippen molar-refractivity contribution < 1.29 is 47.4 Å². The Hall–Kier alpha value is -1.28. The Morgan fingerprint density at radius 2 is 1.96 bits per heavy atom. The van der Waals surface area contributed by atoms with Gasteiger partial charge in [-0.1, -0.05) is 0 Å². The monoisotopic (exact) mass is 426 g/mol. The smallest absolute Gasteiger partial charge is 0.330 e. The molecule has 27 heavy (non-hydrogen) atoms. The van der Waals surface area contributed by atoms with Crippen molar-refractivity contribution in [3.8, 4) is 5.75 Å². The number of nitrogens with one attached hydrogen (secondary N) is 1. The molecule has 0 aromatic carbocycles. The van der Waals surface area contributed by atoms with E-state index >= 15 is 0 Å². The lowest BCUT2D eigenvalue weighted by atomic mass is 10.1. The molecule has 2 rings (SSSR count). The number of aromatic amines is 1. The van der Waals surface area contributed by atoms with Gasteiger partial charge in [0, 0.05) is 0 Å². The van der Waals surface area contributed by atoms with Crippen LogP contribution in [0, 0.1) is 0 Å². The van der Waals surface area contributed by atoms with Gasteiger partial charge in [-0.25, -0.2) is 4.79 Å². The zero-order valence-electron chi connectivity index (χ0n) is 13.5. The van der Waals surface area contributed by atoms with Crippen molar-refractivity contribution in [1.82, 2.24) is 9.55 Å². The Bertz CT molecular complexity index is 895. The Balaban J connectivity index is 2.17. The molecule has 2 heterocycles. The SMILES string of the molecule is [B-]P(=O)(OC[C@H]1O[C@@H](n2cc(OC)c(=O)[nH]c2=O)[C@H](O)[C@@H]1O)OP(=O)([O-])[O-]. The quantitative estimate of drug-likeness (QED) is 0.284. The summed E-state index contributed by atoms with van der Waals surface area (Å²) >= 11 is 0. The summed E-state index contributed by atoms with van der Waals surface area (Å²) in [5.74, 6) is -0.291. The van der Waals surface area contributed by atoms with E-state index in [1.165, 1.54) is 0 Å². The van der Waals surface area contributed by atoms with Crippen molar-refractivity contribution in [2.45, 2.75) is 24.5 Å². The molecule has 1 aliphatic heterocycles. The van der Waals surface area contributed by atoms with Gasteiger partial charge < -0.3 is 55.0 Å². The van der Waals surface area contributed by atoms with Crippen LogP contribution in [0.2, 0.25) is 0 Å². The molecule has 5 atom stereocenters. The fourth-order valence-electron chi connectivity index (χ4n) is 2.24. The minimum absolute atomic E-state index is 0.291. The van der Waals surface area contributed by atoms with E-state index in [4.69, 9.17) is 17.0 Å². The predicted molar refractivity (Wildman–Crippen MR) is 81.8 cm³/mol. The van der Waals surface area contributed by atoms with E-state index in [1.807, 2.05) is 4.98 Å². The Labute approximate surface area is 151 Å². The molecule has 1 unspecified atom stereocenters. The number of aliphatic hydroxyl groups excluding tert-OH is 2. The molecule has 17 heteroatoms. The van der Waals surface area contributed by atoms with Crippen LogP contribution >= 0.6 is 15.3 Å². The van der Waals surface area contributed by atoms with Crippen LogP contribution in [0.15, 0.2) is 15.8 Å². The second-order valence-electron chi connectivity index (χ2n) is 5.27. The van der Waals surface area contributed by atoms with Crippen LogP contribution in [0.3, 0.4) is 0 Å². The molecule has 151 valence electrons. The lowest BCUT2D eigenvalue weighted by Gasteiger charge is -2.38. The van der Waals surface area contributed by atoms with E-state index in [0.29, 0.717) is 0 Å². The molecular formula is C10H13BN2O12P2-3. The summed E-state index contributed by atoms with van der Waals surface area (Å²) in [6.45, 7) is -0.863. The van der Waals surface area contributed by atoms with Crippen LogP contribution in [0.4, 0.5) is 0 Å². The number of aromatic nitrogens is 2. The highest BCUT2D eigenvalue weighted by Gasteiger charge is 2.44. The van der Waals surface area contributed by atoms with Crippen molar-refractivity contribution in [2.24, 2.45) is 0 Å². The van der Waals surface area contributed by atoms with E-state index < -0.39 is 57.7 Å². The van der Waals surface area contributed by atoms with E-state index in [2.05, 4.69) is 8.83 Å². The molecule has 0 saturated carbocycles. The number of H-pyrrole nitrogens is 1. The topological polar surface area (TPSA) is 212 Å². The molecule has 0 bridgehead atoms. The van der Waals surface area contributed by atoms with Gasteiger partial charge in [0.05, 0.1) is 35.2 Å². The number of hydrogen-bond acceptors (Lipinski definition) is 12. The van der Waals surface area contributed by atoms with Gasteiger partial charge in [0.2, 0.25) is 5.75 Å². The van der Waals surface area contributed by atoms with Crippen molar-refractivity contribution >= 4 is 22.9 Å². The molecule has 3 radical (unpaired) electrons. The maximum absolute atomic E-state index is 11.9. The predicted octanol–water partition coefficient (Wildman–Crippen LogP) is -3.70. The minimum atomic E-state index is -5.72. The maximum Gasteiger partial charge on any atom is 0.330 e. The lowest BCUT2D eigenvalue weighted by Crippen LogP contribution is -2.38. The number of rotatable bonds is 7. The maximum atomic E-state index is 11.9. The highest BCUT2D eigenvalue weighted by atomic mass is 31.3. The summed E-state index contributed by atoms with van der Waals surface area (Å²) in [6.07, 6.45) is -5.46. The van der Waals surface area contributed by atoms with Gasteiger partial charge in [0.15, 0.2) is 6.23 Å². The normalized spacial score (nSPS) is 28.1. The fourth-order valence-corrected chi connectivity index (χ4v) is 3.90. The molecule has 14 nitrogen and oxygen atoms in total. The summed E-state index contributed by atoms with van der Waals surface area (Å²) in [7, 11) is -4.48. The minimum Gasteiger partial charge on any atom is -0.790 e. The fraction of sp³-hybridized carbons (Fsp3) is 0.600. The van der Waals surface area contributed by atoms with Gasteiger partial charge in [0.1, 0.15) is 18.3 Å². The molecule has 0 amide bonds. The van der Waals surface area contributed by atoms with Crippen LogP contribution < -0.4 is 25.8 Å². The van der Waals surface area contributed by atoms with Crippen LogP contribution in [0.25, 0.3) is 0 Å². The third kappa shape index (κ3) is 5.38. The number of aliphatic hydroxyl groups is 2. The first-order valence-corrected chi connectivity index (χ1v) is 10.1. The van der Waals surface area contributed by atoms with E-state index in [1.54, 1.807) is 0 Å². The first kappa shape index (κ1) is 22.0. The molecule has 1 aromatic heterocycles. The van der Waals surface area contributed by atoms with Gasteiger partial charge in [-0.3, -0.25) is 14.3 Å². The van der Waals surface area contributed by atoms with Crippen molar-refractivity contribution in [3.05, 3.63) is 27.0 Å². The number of nitrogens with zero attached hydrogens (tertiary/aromatic N) is 1. The summed E-state index contributed by atoms with van der Waals surface area (Å²) in [5, 5.41) is 20.0. The molecule has 1 aliphatic rings. The van der Waals surface area contributed by atoms with Crippen LogP contribution in [0.5, 0.6) is 5.75 Å². The lowest BCUT2D eigenvalue weighted by molar-refractivity contribution is -0.334. The molecule has 1 aromatic rings. The second-order valence-corrected chi connectivity index (χ2v) is 8.16. The average molecular weight is 426 g/mol. The Kier molecular flexibility index (Phi) is 6.52. The first-order chi connectivity index (χ1) is 12.3. The molecule has 0 spiro atoms.